The molecule has 0 bridgehead atoms. The molecule has 0 radical (unpaired) electrons. The van der Waals surface area contributed by atoms with Gasteiger partial charge in [-0.3, -0.25) is 11.3 Å². The summed E-state index contributed by atoms with van der Waals surface area (Å²) in [5, 5.41) is 0. The summed E-state index contributed by atoms with van der Waals surface area (Å²) >= 11 is 0. The topological polar surface area (TPSA) is 47.3 Å². The van der Waals surface area contributed by atoms with Gasteiger partial charge >= 0.3 is 0 Å². The minimum absolute atomic E-state index is 0.0230. The lowest BCUT2D eigenvalue weighted by Gasteiger charge is -2.35. The van der Waals surface area contributed by atoms with E-state index >= 15 is 0 Å². The summed E-state index contributed by atoms with van der Waals surface area (Å²) in [7, 11) is 0. The minimum atomic E-state index is -0.200. The zero-order valence-electron chi connectivity index (χ0n) is 12.9. The third-order valence-electron chi connectivity index (χ3n) is 4.43. The van der Waals surface area contributed by atoms with Gasteiger partial charge in [0.25, 0.3) is 0 Å². The van der Waals surface area contributed by atoms with Crippen LogP contribution >= 0.6 is 0 Å². The standard InChI is InChI=1S/C17H27FN2O/c1-2-21-17(14-8-4-3-5-9-14)16(20-19)12-13-7-6-10-15(18)11-13/h6-7,10-11,14,16-17,20H,2-5,8-9,12,19H2,1H3. The number of ether oxygens (including phenoxy) is 1. The van der Waals surface area contributed by atoms with Crippen LogP contribution in [0.15, 0.2) is 24.3 Å². The second-order valence-corrected chi connectivity index (χ2v) is 5.93. The molecule has 3 nitrogen and oxygen atoms in total. The highest BCUT2D eigenvalue weighted by Gasteiger charge is 2.30. The lowest BCUT2D eigenvalue weighted by atomic mass is 9.81. The van der Waals surface area contributed by atoms with E-state index in [0.717, 1.165) is 5.56 Å². The van der Waals surface area contributed by atoms with Gasteiger partial charge in [0.05, 0.1) is 12.1 Å². The molecular weight excluding hydrogens is 267 g/mol. The SMILES string of the molecule is CCOC(C1CCCCC1)C(Cc1cccc(F)c1)NN. The lowest BCUT2D eigenvalue weighted by Crippen LogP contribution is -2.50. The molecule has 118 valence electrons. The molecule has 2 atom stereocenters. The first-order valence-corrected chi connectivity index (χ1v) is 8.06. The van der Waals surface area contributed by atoms with E-state index in [9.17, 15) is 4.39 Å². The largest absolute Gasteiger partial charge is 0.377 e. The molecule has 1 aliphatic rings. The predicted octanol–water partition coefficient (Wildman–Crippen LogP) is 3.19. The summed E-state index contributed by atoms with van der Waals surface area (Å²) in [6, 6.07) is 6.75. The molecular formula is C17H27FN2O. The summed E-state index contributed by atoms with van der Waals surface area (Å²) in [5.74, 6) is 6.12. The van der Waals surface area contributed by atoms with E-state index in [1.807, 2.05) is 13.0 Å². The fraction of sp³-hybridized carbons (Fsp3) is 0.647. The first kappa shape index (κ1) is 16.4. The highest BCUT2D eigenvalue weighted by Crippen LogP contribution is 2.30. The van der Waals surface area contributed by atoms with Crippen LogP contribution in [0.5, 0.6) is 0 Å². The van der Waals surface area contributed by atoms with Crippen molar-refractivity contribution in [1.82, 2.24) is 5.43 Å². The van der Waals surface area contributed by atoms with Gasteiger partial charge in [0.1, 0.15) is 5.82 Å². The van der Waals surface area contributed by atoms with Gasteiger partial charge in [-0.15, -0.1) is 0 Å². The Labute approximate surface area is 127 Å². The maximum atomic E-state index is 13.3. The molecule has 0 saturated heterocycles. The molecule has 21 heavy (non-hydrogen) atoms. The Balaban J connectivity index is 2.07. The van der Waals surface area contributed by atoms with Crippen LogP contribution in [0.2, 0.25) is 0 Å². The maximum absolute atomic E-state index is 13.3. The Hall–Kier alpha value is -0.970. The third-order valence-corrected chi connectivity index (χ3v) is 4.43. The number of benzene rings is 1. The fourth-order valence-corrected chi connectivity index (χ4v) is 3.42. The summed E-state index contributed by atoms with van der Waals surface area (Å²) in [4.78, 5) is 0. The molecule has 0 spiro atoms. The van der Waals surface area contributed by atoms with E-state index in [-0.39, 0.29) is 18.0 Å². The molecule has 2 rings (SSSR count). The summed E-state index contributed by atoms with van der Waals surface area (Å²) in [5.41, 5.74) is 3.86. The van der Waals surface area contributed by atoms with Crippen LogP contribution in [0.1, 0.15) is 44.6 Å². The smallest absolute Gasteiger partial charge is 0.123 e. The van der Waals surface area contributed by atoms with Crippen molar-refractivity contribution >= 4 is 0 Å². The van der Waals surface area contributed by atoms with Crippen LogP contribution in [-0.2, 0) is 11.2 Å². The Morgan fingerprint density at radius 3 is 2.71 bits per heavy atom. The van der Waals surface area contributed by atoms with Gasteiger partial charge < -0.3 is 4.74 Å². The average molecular weight is 294 g/mol. The normalized spacial score (nSPS) is 19.4. The molecule has 1 saturated carbocycles. The van der Waals surface area contributed by atoms with E-state index in [1.165, 1.54) is 38.2 Å². The molecule has 2 unspecified atom stereocenters. The molecule has 0 aliphatic heterocycles. The second kappa shape index (κ2) is 8.47. The molecule has 1 aromatic rings. The highest BCUT2D eigenvalue weighted by molar-refractivity contribution is 5.18. The number of nitrogens with two attached hydrogens (primary N) is 1. The van der Waals surface area contributed by atoms with Gasteiger partial charge in [-0.05, 0) is 49.8 Å². The van der Waals surface area contributed by atoms with Crippen LogP contribution < -0.4 is 11.3 Å². The number of nitrogens with one attached hydrogen (secondary N) is 1. The lowest BCUT2D eigenvalue weighted by molar-refractivity contribution is -0.0175. The van der Waals surface area contributed by atoms with E-state index in [4.69, 9.17) is 10.6 Å². The van der Waals surface area contributed by atoms with Crippen LogP contribution in [0, 0.1) is 11.7 Å². The minimum Gasteiger partial charge on any atom is -0.377 e. The van der Waals surface area contributed by atoms with Crippen molar-refractivity contribution in [3.63, 3.8) is 0 Å². The van der Waals surface area contributed by atoms with Crippen molar-refractivity contribution in [3.05, 3.63) is 35.6 Å². The van der Waals surface area contributed by atoms with Gasteiger partial charge in [0, 0.05) is 6.61 Å². The quantitative estimate of drug-likeness (QED) is 0.600. The number of rotatable bonds is 7. The van der Waals surface area contributed by atoms with E-state index < -0.39 is 0 Å². The molecule has 1 fully saturated rings. The molecule has 0 heterocycles. The molecule has 1 aromatic carbocycles. The zero-order valence-corrected chi connectivity index (χ0v) is 12.9. The number of halogens is 1. The van der Waals surface area contributed by atoms with Crippen molar-refractivity contribution in [1.29, 1.82) is 0 Å². The monoisotopic (exact) mass is 294 g/mol. The van der Waals surface area contributed by atoms with Gasteiger partial charge in [-0.2, -0.15) is 0 Å². The maximum Gasteiger partial charge on any atom is 0.123 e. The Bertz CT molecular complexity index is 421. The van der Waals surface area contributed by atoms with Crippen molar-refractivity contribution in [2.45, 2.75) is 57.6 Å². The first-order chi connectivity index (χ1) is 10.2. The van der Waals surface area contributed by atoms with Gasteiger partial charge in [-0.1, -0.05) is 31.4 Å². The molecule has 3 N–H and O–H groups in total. The van der Waals surface area contributed by atoms with Crippen LogP contribution in [0.3, 0.4) is 0 Å². The number of hydrogen-bond acceptors (Lipinski definition) is 3. The molecule has 0 amide bonds. The van der Waals surface area contributed by atoms with E-state index in [0.29, 0.717) is 18.9 Å². The highest BCUT2D eigenvalue weighted by atomic mass is 19.1. The predicted molar refractivity (Wildman–Crippen MR) is 83.2 cm³/mol. The Morgan fingerprint density at radius 1 is 1.33 bits per heavy atom. The van der Waals surface area contributed by atoms with Gasteiger partial charge in [-0.25, -0.2) is 4.39 Å². The third kappa shape index (κ3) is 4.77. The van der Waals surface area contributed by atoms with Crippen molar-refractivity contribution in [3.8, 4) is 0 Å². The summed E-state index contributed by atoms with van der Waals surface area (Å²) in [6.45, 7) is 2.70. The molecule has 0 aromatic heterocycles. The second-order valence-electron chi connectivity index (χ2n) is 5.93. The van der Waals surface area contributed by atoms with Crippen LogP contribution in [-0.4, -0.2) is 18.8 Å². The number of hydrazine groups is 1. The van der Waals surface area contributed by atoms with Crippen molar-refractivity contribution in [2.24, 2.45) is 11.8 Å². The molecule has 1 aliphatic carbocycles. The molecule has 4 heteroatoms. The van der Waals surface area contributed by atoms with Crippen molar-refractivity contribution < 1.29 is 9.13 Å². The summed E-state index contributed by atoms with van der Waals surface area (Å²) in [6.07, 6.45) is 7.05. The van der Waals surface area contributed by atoms with Gasteiger partial charge in [0.2, 0.25) is 0 Å². The van der Waals surface area contributed by atoms with Crippen LogP contribution in [0.4, 0.5) is 4.39 Å². The van der Waals surface area contributed by atoms with Gasteiger partial charge in [0.15, 0.2) is 0 Å². The van der Waals surface area contributed by atoms with E-state index in [1.54, 1.807) is 12.1 Å². The fourth-order valence-electron chi connectivity index (χ4n) is 3.42. The average Bonchev–Trinajstić information content (AvgIpc) is 2.51. The van der Waals surface area contributed by atoms with E-state index in [2.05, 4.69) is 5.43 Å². The first-order valence-electron chi connectivity index (χ1n) is 8.06. The summed E-state index contributed by atoms with van der Waals surface area (Å²) < 4.78 is 19.3. The van der Waals surface area contributed by atoms with Crippen LogP contribution in [0.25, 0.3) is 0 Å². The number of hydrogen-bond donors (Lipinski definition) is 2. The zero-order chi connectivity index (χ0) is 15.1. The van der Waals surface area contributed by atoms with Crippen molar-refractivity contribution in [2.75, 3.05) is 6.61 Å². The Kier molecular flexibility index (Phi) is 6.61. The Morgan fingerprint density at radius 2 is 2.10 bits per heavy atom.